The van der Waals surface area contributed by atoms with E-state index >= 15 is 0 Å². The maximum Gasteiger partial charge on any atom is 0.421 e. The van der Waals surface area contributed by atoms with Crippen molar-refractivity contribution in [1.82, 2.24) is 30.2 Å². The highest BCUT2D eigenvalue weighted by Gasteiger charge is 2.35. The van der Waals surface area contributed by atoms with Gasteiger partial charge < -0.3 is 10.6 Å². The first kappa shape index (κ1) is 20.4. The lowest BCUT2D eigenvalue weighted by Gasteiger charge is -2.13. The standard InChI is InChI=1S/C15H16ClF3N8/c1-5-11(10(16)6-8(2)12-24-26-27(4)25-12)22-14-21-7-9(15(17,18)19)13(20-3)23-14/h5-7H,1H2,2-4H3,(H2,20,21,22,23)/b8-6+,11-10-. The van der Waals surface area contributed by atoms with Gasteiger partial charge in [-0.2, -0.15) is 23.0 Å². The zero-order valence-corrected chi connectivity index (χ0v) is 15.4. The SMILES string of the molecule is C=C/C(Nc1ncc(C(F)(F)F)c(NC)n1)=C(Cl)\C=C(/C)c1nnn(C)n1. The van der Waals surface area contributed by atoms with Crippen LogP contribution in [-0.4, -0.2) is 37.2 Å². The average Bonchev–Trinajstić information content (AvgIpc) is 3.04. The van der Waals surface area contributed by atoms with E-state index in [1.54, 1.807) is 20.0 Å². The lowest BCUT2D eigenvalue weighted by Crippen LogP contribution is -2.13. The van der Waals surface area contributed by atoms with Crippen LogP contribution in [0.5, 0.6) is 0 Å². The number of hydrogen-bond donors (Lipinski definition) is 2. The molecule has 0 saturated heterocycles. The fourth-order valence-electron chi connectivity index (χ4n) is 1.94. The Morgan fingerprint density at radius 1 is 1.37 bits per heavy atom. The van der Waals surface area contributed by atoms with Gasteiger partial charge >= 0.3 is 6.18 Å². The van der Waals surface area contributed by atoms with Gasteiger partial charge in [0.1, 0.15) is 11.4 Å². The van der Waals surface area contributed by atoms with E-state index in [1.165, 1.54) is 17.9 Å². The number of alkyl halides is 3. The average molecular weight is 401 g/mol. The number of anilines is 2. The summed E-state index contributed by atoms with van der Waals surface area (Å²) in [4.78, 5) is 8.80. The maximum absolute atomic E-state index is 12.9. The molecular weight excluding hydrogens is 385 g/mol. The zero-order valence-electron chi connectivity index (χ0n) is 14.6. The minimum absolute atomic E-state index is 0.0796. The van der Waals surface area contributed by atoms with Crippen molar-refractivity contribution in [2.45, 2.75) is 13.1 Å². The van der Waals surface area contributed by atoms with Crippen LogP contribution in [0, 0.1) is 0 Å². The van der Waals surface area contributed by atoms with Crippen molar-refractivity contribution in [2.24, 2.45) is 7.05 Å². The van der Waals surface area contributed by atoms with Crippen LogP contribution < -0.4 is 10.6 Å². The third-order valence-electron chi connectivity index (χ3n) is 3.24. The summed E-state index contributed by atoms with van der Waals surface area (Å²) in [5.41, 5.74) is -0.0598. The fourth-order valence-corrected chi connectivity index (χ4v) is 2.23. The van der Waals surface area contributed by atoms with Gasteiger partial charge in [0, 0.05) is 13.2 Å². The molecule has 0 radical (unpaired) electrons. The Kier molecular flexibility index (Phi) is 6.16. The second-order valence-corrected chi connectivity index (χ2v) is 5.63. The Labute approximate surface area is 157 Å². The van der Waals surface area contributed by atoms with Crippen molar-refractivity contribution in [1.29, 1.82) is 0 Å². The van der Waals surface area contributed by atoms with Crippen LogP contribution in [0.25, 0.3) is 5.57 Å². The van der Waals surface area contributed by atoms with Crippen LogP contribution in [-0.2, 0) is 13.2 Å². The first-order valence-electron chi connectivity index (χ1n) is 7.49. The zero-order chi connectivity index (χ0) is 20.2. The Bertz CT molecular complexity index is 901. The first-order chi connectivity index (χ1) is 12.7. The van der Waals surface area contributed by atoms with Gasteiger partial charge in [-0.15, -0.1) is 10.2 Å². The van der Waals surface area contributed by atoms with E-state index in [2.05, 4.69) is 42.6 Å². The number of halogens is 4. The molecule has 2 N–H and O–H groups in total. The van der Waals surface area contributed by atoms with Gasteiger partial charge in [0.05, 0.1) is 17.8 Å². The molecule has 0 bridgehead atoms. The summed E-state index contributed by atoms with van der Waals surface area (Å²) in [6.45, 7) is 5.36. The van der Waals surface area contributed by atoms with E-state index in [0.717, 1.165) is 0 Å². The monoisotopic (exact) mass is 400 g/mol. The Hall–Kier alpha value is -2.95. The number of nitrogens with one attached hydrogen (secondary N) is 2. The van der Waals surface area contributed by atoms with Crippen LogP contribution >= 0.6 is 11.6 Å². The summed E-state index contributed by atoms with van der Waals surface area (Å²) < 4.78 is 38.8. The van der Waals surface area contributed by atoms with E-state index in [0.29, 0.717) is 23.3 Å². The van der Waals surface area contributed by atoms with Gasteiger partial charge in [0.15, 0.2) is 0 Å². The third-order valence-corrected chi connectivity index (χ3v) is 3.56. The van der Waals surface area contributed by atoms with E-state index in [-0.39, 0.29) is 16.8 Å². The van der Waals surface area contributed by atoms with Crippen LogP contribution in [0.4, 0.5) is 24.9 Å². The molecule has 0 atom stereocenters. The highest BCUT2D eigenvalue weighted by molar-refractivity contribution is 6.32. The maximum atomic E-state index is 12.9. The molecule has 2 aromatic heterocycles. The normalized spacial score (nSPS) is 13.2. The molecule has 0 unspecified atom stereocenters. The van der Waals surface area contributed by atoms with E-state index < -0.39 is 11.7 Å². The number of rotatable bonds is 6. The molecule has 0 amide bonds. The van der Waals surface area contributed by atoms with Crippen molar-refractivity contribution >= 4 is 28.9 Å². The van der Waals surface area contributed by atoms with Crippen molar-refractivity contribution < 1.29 is 13.2 Å². The summed E-state index contributed by atoms with van der Waals surface area (Å²) in [6, 6.07) is 0. The number of allylic oxidation sites excluding steroid dienone is 4. The summed E-state index contributed by atoms with van der Waals surface area (Å²) in [5.74, 6) is -0.0681. The third kappa shape index (κ3) is 5.03. The predicted molar refractivity (Wildman–Crippen MR) is 95.7 cm³/mol. The summed E-state index contributed by atoms with van der Waals surface area (Å²) in [5, 5.41) is 17.0. The number of aromatic nitrogens is 6. The molecule has 144 valence electrons. The summed E-state index contributed by atoms with van der Waals surface area (Å²) >= 11 is 6.26. The van der Waals surface area contributed by atoms with Gasteiger partial charge in [-0.25, -0.2) is 4.98 Å². The lowest BCUT2D eigenvalue weighted by molar-refractivity contribution is -0.137. The molecule has 0 aliphatic rings. The Balaban J connectivity index is 2.32. The molecule has 0 spiro atoms. The minimum atomic E-state index is -4.57. The molecule has 2 rings (SSSR count). The number of aryl methyl sites for hydroxylation is 1. The molecule has 8 nitrogen and oxygen atoms in total. The first-order valence-corrected chi connectivity index (χ1v) is 7.87. The summed E-state index contributed by atoms with van der Waals surface area (Å²) in [6.07, 6.45) is -0.947. The quantitative estimate of drug-likeness (QED) is 0.719. The topological polar surface area (TPSA) is 93.4 Å². The Morgan fingerprint density at radius 3 is 2.59 bits per heavy atom. The van der Waals surface area contributed by atoms with Gasteiger partial charge in [0.2, 0.25) is 11.8 Å². The second-order valence-electron chi connectivity index (χ2n) is 5.22. The largest absolute Gasteiger partial charge is 0.421 e. The van der Waals surface area contributed by atoms with E-state index in [9.17, 15) is 13.2 Å². The Morgan fingerprint density at radius 2 is 2.07 bits per heavy atom. The van der Waals surface area contributed by atoms with Crippen molar-refractivity contribution in [3.05, 3.63) is 47.0 Å². The molecule has 0 aromatic carbocycles. The van der Waals surface area contributed by atoms with Gasteiger partial charge in [-0.05, 0) is 29.9 Å². The van der Waals surface area contributed by atoms with Crippen LogP contribution in [0.2, 0.25) is 0 Å². The molecule has 12 heteroatoms. The molecule has 2 aromatic rings. The van der Waals surface area contributed by atoms with E-state index in [1.807, 2.05) is 0 Å². The van der Waals surface area contributed by atoms with Crippen LogP contribution in [0.15, 0.2) is 35.7 Å². The van der Waals surface area contributed by atoms with Crippen LogP contribution in [0.3, 0.4) is 0 Å². The molecule has 2 heterocycles. The smallest absolute Gasteiger partial charge is 0.372 e. The van der Waals surface area contributed by atoms with Gasteiger partial charge in [-0.3, -0.25) is 0 Å². The molecule has 0 saturated carbocycles. The minimum Gasteiger partial charge on any atom is -0.372 e. The summed E-state index contributed by atoms with van der Waals surface area (Å²) in [7, 11) is 2.96. The molecule has 0 aliphatic heterocycles. The number of hydrogen-bond acceptors (Lipinski definition) is 7. The number of tetrazole rings is 1. The molecule has 0 aliphatic carbocycles. The number of nitrogens with zero attached hydrogens (tertiary/aromatic N) is 6. The molecule has 0 fully saturated rings. The van der Waals surface area contributed by atoms with E-state index in [4.69, 9.17) is 11.6 Å². The van der Waals surface area contributed by atoms with Gasteiger partial charge in [-0.1, -0.05) is 18.2 Å². The van der Waals surface area contributed by atoms with Crippen molar-refractivity contribution in [3.8, 4) is 0 Å². The van der Waals surface area contributed by atoms with Gasteiger partial charge in [0.25, 0.3) is 0 Å². The molecular formula is C15H16ClF3N8. The van der Waals surface area contributed by atoms with Crippen molar-refractivity contribution in [2.75, 3.05) is 17.7 Å². The van der Waals surface area contributed by atoms with Crippen LogP contribution in [0.1, 0.15) is 18.3 Å². The second kappa shape index (κ2) is 8.16. The molecule has 27 heavy (non-hydrogen) atoms. The van der Waals surface area contributed by atoms with Crippen molar-refractivity contribution in [3.63, 3.8) is 0 Å². The fraction of sp³-hybridized carbons (Fsp3) is 0.267. The highest BCUT2D eigenvalue weighted by atomic mass is 35.5. The predicted octanol–water partition coefficient (Wildman–Crippen LogP) is 3.21. The lowest BCUT2D eigenvalue weighted by atomic mass is 10.2. The highest BCUT2D eigenvalue weighted by Crippen LogP contribution is 2.33.